The quantitative estimate of drug-likeness (QED) is 0.847. The number of carbonyl (C=O) groups excluding carboxylic acids is 1. The van der Waals surface area contributed by atoms with E-state index in [1.165, 1.54) is 17.3 Å². The molecule has 0 aliphatic carbocycles. The average molecular weight is 251 g/mol. The predicted octanol–water partition coefficient (Wildman–Crippen LogP) is 1.11. The molecule has 0 spiro atoms. The predicted molar refractivity (Wildman–Crippen MR) is 65.2 cm³/mol. The van der Waals surface area contributed by atoms with Gasteiger partial charge in [0.2, 0.25) is 0 Å². The van der Waals surface area contributed by atoms with E-state index in [1.54, 1.807) is 6.92 Å². The minimum atomic E-state index is -1.04. The van der Waals surface area contributed by atoms with Crippen LogP contribution in [0.4, 0.5) is 0 Å². The van der Waals surface area contributed by atoms with Crippen molar-refractivity contribution in [2.75, 3.05) is 6.54 Å². The summed E-state index contributed by atoms with van der Waals surface area (Å²) in [6.07, 6.45) is 3.54. The summed E-state index contributed by atoms with van der Waals surface area (Å²) in [6, 6.07) is -0.156. The van der Waals surface area contributed by atoms with Gasteiger partial charge in [-0.25, -0.2) is 4.98 Å². The molecular formula is C12H17N3O3. The number of amides is 1. The lowest BCUT2D eigenvalue weighted by Crippen LogP contribution is -2.42. The lowest BCUT2D eigenvalue weighted by molar-refractivity contribution is -0.138. The number of aromatic nitrogens is 2. The molecule has 98 valence electrons. The zero-order valence-electron chi connectivity index (χ0n) is 10.8. The molecule has 0 aliphatic rings. The molecule has 0 aliphatic heterocycles. The highest BCUT2D eigenvalue weighted by molar-refractivity contribution is 5.94. The molecule has 1 aromatic rings. The smallest absolute Gasteiger partial charge is 0.323 e. The van der Waals surface area contributed by atoms with Gasteiger partial charge in [0.15, 0.2) is 0 Å². The fourth-order valence-corrected chi connectivity index (χ4v) is 1.44. The molecule has 1 unspecified atom stereocenters. The molecule has 0 saturated carbocycles. The second kappa shape index (κ2) is 6.09. The van der Waals surface area contributed by atoms with Gasteiger partial charge in [-0.2, -0.15) is 0 Å². The van der Waals surface area contributed by atoms with Crippen molar-refractivity contribution < 1.29 is 14.7 Å². The van der Waals surface area contributed by atoms with E-state index in [2.05, 4.69) is 9.97 Å². The normalized spacial score (nSPS) is 11.9. The third kappa shape index (κ3) is 3.51. The minimum Gasteiger partial charge on any atom is -0.480 e. The molecule has 0 aromatic carbocycles. The van der Waals surface area contributed by atoms with Gasteiger partial charge >= 0.3 is 5.97 Å². The van der Waals surface area contributed by atoms with Gasteiger partial charge < -0.3 is 10.0 Å². The van der Waals surface area contributed by atoms with E-state index >= 15 is 0 Å². The van der Waals surface area contributed by atoms with Crippen LogP contribution in [0.1, 0.15) is 36.5 Å². The van der Waals surface area contributed by atoms with E-state index in [4.69, 9.17) is 5.11 Å². The largest absolute Gasteiger partial charge is 0.480 e. The standard InChI is InChI=1S/C12H17N3O3/c1-4-9(3)15(7-11(16)17)12(18)10-6-13-8(2)5-14-10/h5-6,9H,4,7H2,1-3H3,(H,16,17). The maximum Gasteiger partial charge on any atom is 0.323 e. The van der Waals surface area contributed by atoms with Crippen LogP contribution in [0.15, 0.2) is 12.4 Å². The highest BCUT2D eigenvalue weighted by Gasteiger charge is 2.23. The van der Waals surface area contributed by atoms with E-state index in [1.807, 2.05) is 13.8 Å². The van der Waals surface area contributed by atoms with Crippen LogP contribution in [-0.2, 0) is 4.79 Å². The van der Waals surface area contributed by atoms with Gasteiger partial charge in [-0.15, -0.1) is 0 Å². The summed E-state index contributed by atoms with van der Waals surface area (Å²) in [5.74, 6) is -1.44. The number of rotatable bonds is 5. The van der Waals surface area contributed by atoms with Crippen LogP contribution < -0.4 is 0 Å². The van der Waals surface area contributed by atoms with Crippen molar-refractivity contribution in [3.05, 3.63) is 23.8 Å². The van der Waals surface area contributed by atoms with Crippen molar-refractivity contribution in [3.63, 3.8) is 0 Å². The molecule has 6 nitrogen and oxygen atoms in total. The summed E-state index contributed by atoms with van der Waals surface area (Å²) in [5.41, 5.74) is 0.877. The summed E-state index contributed by atoms with van der Waals surface area (Å²) in [5, 5.41) is 8.84. The van der Waals surface area contributed by atoms with Gasteiger partial charge in [0, 0.05) is 12.2 Å². The Morgan fingerprint density at radius 1 is 1.39 bits per heavy atom. The third-order valence-corrected chi connectivity index (χ3v) is 2.69. The summed E-state index contributed by atoms with van der Waals surface area (Å²) < 4.78 is 0. The van der Waals surface area contributed by atoms with Gasteiger partial charge in [-0.3, -0.25) is 14.6 Å². The first kappa shape index (κ1) is 14.1. The highest BCUT2D eigenvalue weighted by Crippen LogP contribution is 2.08. The lowest BCUT2D eigenvalue weighted by Gasteiger charge is -2.26. The van der Waals surface area contributed by atoms with Crippen molar-refractivity contribution in [1.82, 2.24) is 14.9 Å². The van der Waals surface area contributed by atoms with E-state index in [-0.39, 0.29) is 18.3 Å². The molecule has 1 N–H and O–H groups in total. The summed E-state index contributed by atoms with van der Waals surface area (Å²) in [4.78, 5) is 32.2. The van der Waals surface area contributed by atoms with Crippen molar-refractivity contribution >= 4 is 11.9 Å². The molecule has 1 rings (SSSR count). The topological polar surface area (TPSA) is 83.4 Å². The van der Waals surface area contributed by atoms with Crippen LogP contribution in [-0.4, -0.2) is 44.4 Å². The van der Waals surface area contributed by atoms with Crippen molar-refractivity contribution in [3.8, 4) is 0 Å². The first-order valence-electron chi connectivity index (χ1n) is 5.77. The number of hydrogen-bond donors (Lipinski definition) is 1. The summed E-state index contributed by atoms with van der Waals surface area (Å²) >= 11 is 0. The Kier molecular flexibility index (Phi) is 4.76. The van der Waals surface area contributed by atoms with Gasteiger partial charge in [0.05, 0.1) is 11.9 Å². The van der Waals surface area contributed by atoms with Crippen molar-refractivity contribution in [2.24, 2.45) is 0 Å². The third-order valence-electron chi connectivity index (χ3n) is 2.69. The maximum absolute atomic E-state index is 12.2. The van der Waals surface area contributed by atoms with Crippen LogP contribution in [0.3, 0.4) is 0 Å². The number of nitrogens with zero attached hydrogens (tertiary/aromatic N) is 3. The number of carboxylic acids is 1. The lowest BCUT2D eigenvalue weighted by atomic mass is 10.2. The Labute approximate surface area is 106 Å². The zero-order chi connectivity index (χ0) is 13.7. The molecule has 0 fully saturated rings. The monoisotopic (exact) mass is 251 g/mol. The van der Waals surface area contributed by atoms with E-state index in [9.17, 15) is 9.59 Å². The number of carbonyl (C=O) groups is 2. The number of carboxylic acid groups (broad SMARTS) is 1. The van der Waals surface area contributed by atoms with Crippen LogP contribution in [0.2, 0.25) is 0 Å². The number of aliphatic carboxylic acids is 1. The average Bonchev–Trinajstić information content (AvgIpc) is 2.35. The first-order valence-corrected chi connectivity index (χ1v) is 5.77. The molecule has 0 radical (unpaired) electrons. The second-order valence-corrected chi connectivity index (χ2v) is 4.13. The summed E-state index contributed by atoms with van der Waals surface area (Å²) in [6.45, 7) is 5.14. The molecule has 1 aromatic heterocycles. The Hall–Kier alpha value is -1.98. The molecule has 1 amide bonds. The fourth-order valence-electron chi connectivity index (χ4n) is 1.44. The van der Waals surface area contributed by atoms with E-state index in [0.29, 0.717) is 12.1 Å². The molecule has 1 atom stereocenters. The Morgan fingerprint density at radius 2 is 2.06 bits per heavy atom. The summed E-state index contributed by atoms with van der Waals surface area (Å²) in [7, 11) is 0. The van der Waals surface area contributed by atoms with Crippen LogP contribution in [0.5, 0.6) is 0 Å². The second-order valence-electron chi connectivity index (χ2n) is 4.13. The van der Waals surface area contributed by atoms with Gasteiger partial charge in [0.25, 0.3) is 5.91 Å². The van der Waals surface area contributed by atoms with Gasteiger partial charge in [0.1, 0.15) is 12.2 Å². The SMILES string of the molecule is CCC(C)N(CC(=O)O)C(=O)c1cnc(C)cn1. The van der Waals surface area contributed by atoms with Crippen LogP contribution in [0.25, 0.3) is 0 Å². The number of aryl methyl sites for hydroxylation is 1. The Bertz CT molecular complexity index is 431. The van der Waals surface area contributed by atoms with E-state index in [0.717, 1.165) is 0 Å². The molecular weight excluding hydrogens is 234 g/mol. The van der Waals surface area contributed by atoms with Crippen LogP contribution >= 0.6 is 0 Å². The fraction of sp³-hybridized carbons (Fsp3) is 0.500. The Balaban J connectivity index is 2.94. The van der Waals surface area contributed by atoms with E-state index < -0.39 is 11.9 Å². The van der Waals surface area contributed by atoms with Gasteiger partial charge in [-0.05, 0) is 20.3 Å². The molecule has 6 heteroatoms. The maximum atomic E-state index is 12.2. The number of hydrogen-bond acceptors (Lipinski definition) is 4. The molecule has 18 heavy (non-hydrogen) atoms. The Morgan fingerprint density at radius 3 is 2.50 bits per heavy atom. The minimum absolute atomic E-state index is 0.156. The molecule has 1 heterocycles. The molecule has 0 bridgehead atoms. The van der Waals surface area contributed by atoms with Crippen LogP contribution in [0, 0.1) is 6.92 Å². The van der Waals surface area contributed by atoms with Crippen molar-refractivity contribution in [2.45, 2.75) is 33.2 Å². The zero-order valence-corrected chi connectivity index (χ0v) is 10.8. The van der Waals surface area contributed by atoms with Gasteiger partial charge in [-0.1, -0.05) is 6.92 Å². The first-order chi connectivity index (χ1) is 8.45. The molecule has 0 saturated heterocycles. The highest BCUT2D eigenvalue weighted by atomic mass is 16.4. The van der Waals surface area contributed by atoms with Crippen molar-refractivity contribution in [1.29, 1.82) is 0 Å².